The highest BCUT2D eigenvalue weighted by molar-refractivity contribution is 8.26. The summed E-state index contributed by atoms with van der Waals surface area (Å²) < 4.78 is 13.6. The number of nitrogens with zero attached hydrogens (tertiary/aromatic N) is 4. The highest BCUT2D eigenvalue weighted by Crippen LogP contribution is 2.35. The van der Waals surface area contributed by atoms with Gasteiger partial charge < -0.3 is 14.4 Å². The molecule has 3 saturated heterocycles. The molecular formula is C24H28N4O4S2. The first-order valence-corrected chi connectivity index (χ1v) is 12.8. The van der Waals surface area contributed by atoms with Gasteiger partial charge in [-0.3, -0.25) is 18.9 Å². The highest BCUT2D eigenvalue weighted by Gasteiger charge is 2.35. The first-order chi connectivity index (χ1) is 16.3. The number of thiocarbonyl (C=S) groups is 1. The fraction of sp³-hybridized carbons (Fsp3) is 0.500. The molecule has 180 valence electrons. The van der Waals surface area contributed by atoms with E-state index in [-0.39, 0.29) is 29.8 Å². The molecular weight excluding hydrogens is 472 g/mol. The molecule has 3 aliphatic heterocycles. The number of carbonyl (C=O) groups is 1. The van der Waals surface area contributed by atoms with Gasteiger partial charge in [0.05, 0.1) is 35.3 Å². The van der Waals surface area contributed by atoms with Crippen molar-refractivity contribution in [3.63, 3.8) is 0 Å². The Bertz CT molecular complexity index is 1230. The lowest BCUT2D eigenvalue weighted by molar-refractivity contribution is -0.123. The highest BCUT2D eigenvalue weighted by atomic mass is 32.2. The summed E-state index contributed by atoms with van der Waals surface area (Å²) in [7, 11) is 0. The first kappa shape index (κ1) is 23.5. The van der Waals surface area contributed by atoms with Crippen molar-refractivity contribution in [1.29, 1.82) is 0 Å². The average molecular weight is 501 g/mol. The number of amides is 1. The molecule has 0 saturated carbocycles. The molecule has 3 aliphatic rings. The lowest BCUT2D eigenvalue weighted by Crippen LogP contribution is -2.46. The number of thioether (sulfide) groups is 1. The lowest BCUT2D eigenvalue weighted by atomic mass is 10.1. The minimum Gasteiger partial charge on any atom is -0.376 e. The Morgan fingerprint density at radius 2 is 2.03 bits per heavy atom. The maximum Gasteiger partial charge on any atom is 0.267 e. The van der Waals surface area contributed by atoms with Crippen molar-refractivity contribution in [2.75, 3.05) is 31.1 Å². The van der Waals surface area contributed by atoms with E-state index in [1.54, 1.807) is 21.6 Å². The monoisotopic (exact) mass is 500 g/mol. The van der Waals surface area contributed by atoms with Crippen LogP contribution < -0.4 is 10.5 Å². The minimum absolute atomic E-state index is 0.00153. The van der Waals surface area contributed by atoms with Crippen molar-refractivity contribution < 1.29 is 14.3 Å². The Morgan fingerprint density at radius 3 is 2.74 bits per heavy atom. The Labute approximate surface area is 207 Å². The number of carbonyl (C=O) groups excluding carboxylic acids is 1. The standard InChI is InChI=1S/C24H28N4O4S2/c1-14-6-4-8-27-20(14)25-21(26-11-15(2)32-16(3)12-26)18(22(27)29)10-19-23(30)28(24(33)34-19)13-17-7-5-9-31-17/h4,6,8,10,15-17H,5,7,9,11-13H2,1-3H3/b19-10-/t15-,16-,17-/m0/s1. The molecule has 0 aromatic carbocycles. The molecule has 3 fully saturated rings. The molecule has 0 spiro atoms. The number of rotatable bonds is 4. The van der Waals surface area contributed by atoms with Crippen LogP contribution in [0, 0.1) is 6.92 Å². The predicted octanol–water partition coefficient (Wildman–Crippen LogP) is 3.00. The molecule has 2 aromatic rings. The van der Waals surface area contributed by atoms with Crippen LogP contribution in [0.15, 0.2) is 28.0 Å². The van der Waals surface area contributed by atoms with Crippen molar-refractivity contribution in [2.45, 2.75) is 51.9 Å². The Kier molecular flexibility index (Phi) is 6.49. The SMILES string of the molecule is Cc1cccn2c(=O)c(/C=C3\SC(=S)N(C[C@@H]4CCCO4)C3=O)c(N3C[C@H](C)O[C@@H](C)C3)nc12. The second-order valence-corrected chi connectivity index (χ2v) is 10.8. The quantitative estimate of drug-likeness (QED) is 0.469. The smallest absolute Gasteiger partial charge is 0.267 e. The van der Waals surface area contributed by atoms with Crippen molar-refractivity contribution in [2.24, 2.45) is 0 Å². The Balaban J connectivity index is 1.59. The van der Waals surface area contributed by atoms with Gasteiger partial charge in [0.25, 0.3) is 11.5 Å². The van der Waals surface area contributed by atoms with Gasteiger partial charge in [-0.1, -0.05) is 30.0 Å². The summed E-state index contributed by atoms with van der Waals surface area (Å²) in [6.07, 6.45) is 5.29. The summed E-state index contributed by atoms with van der Waals surface area (Å²) >= 11 is 6.73. The third kappa shape index (κ3) is 4.39. The van der Waals surface area contributed by atoms with E-state index in [2.05, 4.69) is 4.90 Å². The van der Waals surface area contributed by atoms with E-state index in [4.69, 9.17) is 26.7 Å². The zero-order valence-electron chi connectivity index (χ0n) is 19.5. The number of anilines is 1. The molecule has 3 atom stereocenters. The van der Waals surface area contributed by atoms with Crippen molar-refractivity contribution in [3.8, 4) is 0 Å². The number of hydrogen-bond acceptors (Lipinski definition) is 8. The molecule has 2 aromatic heterocycles. The molecule has 0 N–H and O–H groups in total. The predicted molar refractivity (Wildman–Crippen MR) is 137 cm³/mol. The van der Waals surface area contributed by atoms with Gasteiger partial charge in [-0.05, 0) is 51.3 Å². The van der Waals surface area contributed by atoms with E-state index in [9.17, 15) is 9.59 Å². The second kappa shape index (κ2) is 9.41. The Hall–Kier alpha value is -2.27. The van der Waals surface area contributed by atoms with Crippen LogP contribution in [0.5, 0.6) is 0 Å². The van der Waals surface area contributed by atoms with Gasteiger partial charge in [0.15, 0.2) is 0 Å². The van der Waals surface area contributed by atoms with Gasteiger partial charge in [-0.2, -0.15) is 0 Å². The fourth-order valence-corrected chi connectivity index (χ4v) is 6.06. The average Bonchev–Trinajstić information content (AvgIpc) is 3.39. The Morgan fingerprint density at radius 1 is 1.26 bits per heavy atom. The molecule has 0 unspecified atom stereocenters. The van der Waals surface area contributed by atoms with Crippen LogP contribution >= 0.6 is 24.0 Å². The van der Waals surface area contributed by atoms with Crippen LogP contribution in [0.1, 0.15) is 37.8 Å². The molecule has 0 bridgehead atoms. The number of ether oxygens (including phenoxy) is 2. The van der Waals surface area contributed by atoms with Gasteiger partial charge in [0.2, 0.25) is 0 Å². The third-order valence-electron chi connectivity index (χ3n) is 6.34. The number of morpholine rings is 1. The largest absolute Gasteiger partial charge is 0.376 e. The van der Waals surface area contributed by atoms with Gasteiger partial charge in [0.1, 0.15) is 15.8 Å². The molecule has 34 heavy (non-hydrogen) atoms. The summed E-state index contributed by atoms with van der Waals surface area (Å²) in [6, 6.07) is 3.76. The summed E-state index contributed by atoms with van der Waals surface area (Å²) in [5.41, 5.74) is 1.70. The molecule has 5 heterocycles. The van der Waals surface area contributed by atoms with E-state index in [1.165, 1.54) is 11.8 Å². The van der Waals surface area contributed by atoms with Gasteiger partial charge in [0, 0.05) is 25.9 Å². The van der Waals surface area contributed by atoms with Crippen LogP contribution in [0.4, 0.5) is 5.82 Å². The van der Waals surface area contributed by atoms with E-state index < -0.39 is 0 Å². The molecule has 8 nitrogen and oxygen atoms in total. The molecule has 10 heteroatoms. The topological polar surface area (TPSA) is 76.4 Å². The third-order valence-corrected chi connectivity index (χ3v) is 7.72. The lowest BCUT2D eigenvalue weighted by Gasteiger charge is -2.36. The van der Waals surface area contributed by atoms with Crippen LogP contribution in [-0.4, -0.2) is 69.1 Å². The number of fused-ring (bicyclic) bond motifs is 1. The molecule has 5 rings (SSSR count). The van der Waals surface area contributed by atoms with Crippen LogP contribution in [0.3, 0.4) is 0 Å². The number of pyridine rings is 1. The number of aryl methyl sites for hydroxylation is 1. The maximum absolute atomic E-state index is 13.7. The number of aromatic nitrogens is 2. The summed E-state index contributed by atoms with van der Waals surface area (Å²) in [4.78, 5) is 36.0. The van der Waals surface area contributed by atoms with Crippen LogP contribution in [0.2, 0.25) is 0 Å². The zero-order valence-corrected chi connectivity index (χ0v) is 21.2. The molecule has 0 radical (unpaired) electrons. The summed E-state index contributed by atoms with van der Waals surface area (Å²) in [5, 5.41) is 0. The zero-order chi connectivity index (χ0) is 24.0. The normalized spacial score (nSPS) is 26.9. The van der Waals surface area contributed by atoms with Gasteiger partial charge in [-0.25, -0.2) is 4.98 Å². The minimum atomic E-state index is -0.208. The van der Waals surface area contributed by atoms with Crippen LogP contribution in [-0.2, 0) is 14.3 Å². The molecule has 1 amide bonds. The van der Waals surface area contributed by atoms with Crippen LogP contribution in [0.25, 0.3) is 11.7 Å². The van der Waals surface area contributed by atoms with Crippen molar-refractivity contribution in [1.82, 2.24) is 14.3 Å². The van der Waals surface area contributed by atoms with Crippen molar-refractivity contribution in [3.05, 3.63) is 44.7 Å². The summed E-state index contributed by atoms with van der Waals surface area (Å²) in [5.74, 6) is 0.389. The first-order valence-electron chi connectivity index (χ1n) is 11.6. The fourth-order valence-electron chi connectivity index (χ4n) is 4.80. The van der Waals surface area contributed by atoms with Gasteiger partial charge >= 0.3 is 0 Å². The summed E-state index contributed by atoms with van der Waals surface area (Å²) in [6.45, 7) is 8.34. The van der Waals surface area contributed by atoms with Crippen molar-refractivity contribution >= 4 is 51.7 Å². The second-order valence-electron chi connectivity index (χ2n) is 9.13. The van der Waals surface area contributed by atoms with Gasteiger partial charge in [-0.15, -0.1) is 0 Å². The van der Waals surface area contributed by atoms with E-state index in [0.29, 0.717) is 52.5 Å². The van der Waals surface area contributed by atoms with E-state index in [0.717, 1.165) is 18.4 Å². The molecule has 0 aliphatic carbocycles. The maximum atomic E-state index is 13.7. The number of hydrogen-bond donors (Lipinski definition) is 0. The van der Waals surface area contributed by atoms with E-state index in [1.807, 2.05) is 32.9 Å². The van der Waals surface area contributed by atoms with E-state index >= 15 is 0 Å².